The lowest BCUT2D eigenvalue weighted by molar-refractivity contribution is -0.116. The van der Waals surface area contributed by atoms with Crippen molar-refractivity contribution >= 4 is 23.2 Å². The Morgan fingerprint density at radius 1 is 1.00 bits per heavy atom. The summed E-state index contributed by atoms with van der Waals surface area (Å²) in [4.78, 5) is 30.9. The van der Waals surface area contributed by atoms with E-state index in [1.807, 2.05) is 55.5 Å². The first kappa shape index (κ1) is 21.2. The molecule has 0 atom stereocenters. The highest BCUT2D eigenvalue weighted by atomic mass is 16.2. The number of aryl methyl sites for hydroxylation is 1. The minimum atomic E-state index is -0.108. The first-order valence-corrected chi connectivity index (χ1v) is 10.2. The molecule has 3 aromatic rings. The van der Waals surface area contributed by atoms with E-state index in [0.29, 0.717) is 18.5 Å². The monoisotopic (exact) mass is 401 g/mol. The van der Waals surface area contributed by atoms with Crippen molar-refractivity contribution in [2.75, 3.05) is 10.2 Å². The van der Waals surface area contributed by atoms with Crippen LogP contribution in [0.5, 0.6) is 0 Å². The third-order valence-corrected chi connectivity index (χ3v) is 4.84. The van der Waals surface area contributed by atoms with E-state index in [1.54, 1.807) is 29.4 Å². The molecule has 0 radical (unpaired) electrons. The number of carbonyl (C=O) groups excluding carboxylic acids is 2. The van der Waals surface area contributed by atoms with Crippen LogP contribution >= 0.6 is 0 Å². The summed E-state index contributed by atoms with van der Waals surface area (Å²) in [7, 11) is 0. The Morgan fingerprint density at radius 3 is 2.37 bits per heavy atom. The number of amides is 2. The molecule has 154 valence electrons. The number of anilines is 2. The number of nitrogens with zero attached hydrogens (tertiary/aromatic N) is 2. The van der Waals surface area contributed by atoms with Gasteiger partial charge in [0, 0.05) is 30.2 Å². The molecule has 0 bridgehead atoms. The molecule has 1 heterocycles. The van der Waals surface area contributed by atoms with Gasteiger partial charge in [-0.1, -0.05) is 43.2 Å². The second-order valence-corrected chi connectivity index (χ2v) is 7.32. The van der Waals surface area contributed by atoms with Gasteiger partial charge in [0.05, 0.1) is 12.1 Å². The Hall–Kier alpha value is -3.47. The lowest BCUT2D eigenvalue weighted by Crippen LogP contribution is -2.30. The van der Waals surface area contributed by atoms with E-state index in [4.69, 9.17) is 0 Å². The largest absolute Gasteiger partial charge is 0.326 e. The summed E-state index contributed by atoms with van der Waals surface area (Å²) in [6, 6.07) is 19.0. The van der Waals surface area contributed by atoms with E-state index in [2.05, 4.69) is 17.2 Å². The van der Waals surface area contributed by atoms with E-state index < -0.39 is 0 Å². The van der Waals surface area contributed by atoms with Crippen LogP contribution in [0.25, 0.3) is 0 Å². The smallest absolute Gasteiger partial charge is 0.260 e. The lowest BCUT2D eigenvalue weighted by atomic mass is 10.1. The van der Waals surface area contributed by atoms with Crippen molar-refractivity contribution in [1.29, 1.82) is 0 Å². The zero-order valence-electron chi connectivity index (χ0n) is 17.5. The Bertz CT molecular complexity index is 968. The summed E-state index contributed by atoms with van der Waals surface area (Å²) in [5, 5.41) is 2.92. The average molecular weight is 402 g/mol. The van der Waals surface area contributed by atoms with Gasteiger partial charge >= 0.3 is 0 Å². The molecule has 1 N–H and O–H groups in total. The van der Waals surface area contributed by atoms with Crippen LogP contribution in [0.15, 0.2) is 73.1 Å². The van der Waals surface area contributed by atoms with Gasteiger partial charge in [0.25, 0.3) is 5.91 Å². The van der Waals surface area contributed by atoms with Gasteiger partial charge < -0.3 is 10.2 Å². The van der Waals surface area contributed by atoms with Crippen LogP contribution in [-0.4, -0.2) is 16.8 Å². The van der Waals surface area contributed by atoms with E-state index in [1.165, 1.54) is 0 Å². The predicted molar refractivity (Wildman–Crippen MR) is 121 cm³/mol. The van der Waals surface area contributed by atoms with Crippen LogP contribution < -0.4 is 10.2 Å². The predicted octanol–water partition coefficient (Wildman–Crippen LogP) is 5.37. The maximum Gasteiger partial charge on any atom is 0.260 e. The zero-order valence-corrected chi connectivity index (χ0v) is 17.5. The van der Waals surface area contributed by atoms with Crippen LogP contribution in [-0.2, 0) is 11.3 Å². The molecule has 0 unspecified atom stereocenters. The molecule has 0 saturated heterocycles. The summed E-state index contributed by atoms with van der Waals surface area (Å²) in [5.74, 6) is -0.0819. The summed E-state index contributed by atoms with van der Waals surface area (Å²) in [5.41, 5.74) is 4.24. The number of unbranched alkanes of at least 4 members (excludes halogenated alkanes) is 1. The molecule has 5 nitrogen and oxygen atoms in total. The van der Waals surface area contributed by atoms with Gasteiger partial charge in [-0.05, 0) is 55.3 Å². The fraction of sp³-hybridized carbons (Fsp3) is 0.240. The topological polar surface area (TPSA) is 62.3 Å². The van der Waals surface area contributed by atoms with Crippen molar-refractivity contribution in [3.63, 3.8) is 0 Å². The molecule has 1 aromatic heterocycles. The molecule has 2 aromatic carbocycles. The summed E-state index contributed by atoms with van der Waals surface area (Å²) >= 11 is 0. The second kappa shape index (κ2) is 10.3. The molecule has 2 amide bonds. The molecule has 5 heteroatoms. The van der Waals surface area contributed by atoms with Crippen LogP contribution in [0.3, 0.4) is 0 Å². The van der Waals surface area contributed by atoms with Gasteiger partial charge in [0.2, 0.25) is 5.91 Å². The molecule has 0 spiro atoms. The maximum atomic E-state index is 13.2. The van der Waals surface area contributed by atoms with Gasteiger partial charge in [-0.2, -0.15) is 0 Å². The number of pyridine rings is 1. The van der Waals surface area contributed by atoms with Gasteiger partial charge in [-0.25, -0.2) is 0 Å². The maximum absolute atomic E-state index is 13.2. The van der Waals surface area contributed by atoms with E-state index in [9.17, 15) is 9.59 Å². The molecule has 0 aliphatic rings. The van der Waals surface area contributed by atoms with Gasteiger partial charge in [0.1, 0.15) is 0 Å². The SMILES string of the molecule is CCCCC(=O)Nc1ccc(CN(C(=O)c2cccnc2)c2ccc(C)cc2)cc1. The Labute approximate surface area is 177 Å². The number of nitrogens with one attached hydrogen (secondary N) is 1. The lowest BCUT2D eigenvalue weighted by Gasteiger charge is -2.23. The molecular formula is C25H27N3O2. The van der Waals surface area contributed by atoms with Gasteiger partial charge in [-0.3, -0.25) is 14.6 Å². The quantitative estimate of drug-likeness (QED) is 0.552. The minimum absolute atomic E-state index is 0.0256. The van der Waals surface area contributed by atoms with Crippen molar-refractivity contribution in [1.82, 2.24) is 4.98 Å². The zero-order chi connectivity index (χ0) is 21.3. The molecule has 0 saturated carbocycles. The molecule has 30 heavy (non-hydrogen) atoms. The van der Waals surface area contributed by atoms with E-state index >= 15 is 0 Å². The highest BCUT2D eigenvalue weighted by molar-refractivity contribution is 6.05. The normalized spacial score (nSPS) is 10.5. The number of carbonyl (C=O) groups is 2. The van der Waals surface area contributed by atoms with Gasteiger partial charge in [-0.15, -0.1) is 0 Å². The Morgan fingerprint density at radius 2 is 1.73 bits per heavy atom. The second-order valence-electron chi connectivity index (χ2n) is 7.32. The fourth-order valence-corrected chi connectivity index (χ4v) is 3.09. The van der Waals surface area contributed by atoms with Crippen LogP contribution in [0, 0.1) is 6.92 Å². The number of rotatable bonds is 8. The van der Waals surface area contributed by atoms with Crippen molar-refractivity contribution in [3.05, 3.63) is 89.7 Å². The number of benzene rings is 2. The van der Waals surface area contributed by atoms with Crippen LogP contribution in [0.4, 0.5) is 11.4 Å². The summed E-state index contributed by atoms with van der Waals surface area (Å²) in [6.07, 6.45) is 5.64. The first-order valence-electron chi connectivity index (χ1n) is 10.2. The van der Waals surface area contributed by atoms with Crippen molar-refractivity contribution in [3.8, 4) is 0 Å². The van der Waals surface area contributed by atoms with Crippen molar-refractivity contribution in [2.45, 2.75) is 39.7 Å². The van der Waals surface area contributed by atoms with Crippen LogP contribution in [0.1, 0.15) is 47.7 Å². The highest BCUT2D eigenvalue weighted by Crippen LogP contribution is 2.22. The summed E-state index contributed by atoms with van der Waals surface area (Å²) < 4.78 is 0. The Balaban J connectivity index is 1.78. The third-order valence-electron chi connectivity index (χ3n) is 4.84. The molecular weight excluding hydrogens is 374 g/mol. The minimum Gasteiger partial charge on any atom is -0.326 e. The molecule has 0 aliphatic carbocycles. The number of aromatic nitrogens is 1. The van der Waals surface area contributed by atoms with Gasteiger partial charge in [0.15, 0.2) is 0 Å². The third kappa shape index (κ3) is 5.77. The highest BCUT2D eigenvalue weighted by Gasteiger charge is 2.18. The number of hydrogen-bond acceptors (Lipinski definition) is 3. The van der Waals surface area contributed by atoms with E-state index in [0.717, 1.165) is 35.3 Å². The average Bonchev–Trinajstić information content (AvgIpc) is 2.78. The first-order chi connectivity index (χ1) is 14.6. The number of hydrogen-bond donors (Lipinski definition) is 1. The van der Waals surface area contributed by atoms with E-state index in [-0.39, 0.29) is 11.8 Å². The fourth-order valence-electron chi connectivity index (χ4n) is 3.09. The molecule has 0 aliphatic heterocycles. The Kier molecular flexibility index (Phi) is 7.33. The standard InChI is InChI=1S/C25H27N3O2/c1-3-4-7-24(29)27-22-12-10-20(11-13-22)18-28(23-14-8-19(2)9-15-23)25(30)21-6-5-16-26-17-21/h5-6,8-17H,3-4,7,18H2,1-2H3,(H,27,29). The van der Waals surface area contributed by atoms with Crippen molar-refractivity contribution < 1.29 is 9.59 Å². The molecule has 0 fully saturated rings. The summed E-state index contributed by atoms with van der Waals surface area (Å²) in [6.45, 7) is 4.50. The van der Waals surface area contributed by atoms with Crippen LogP contribution in [0.2, 0.25) is 0 Å². The van der Waals surface area contributed by atoms with Crippen molar-refractivity contribution in [2.24, 2.45) is 0 Å². The molecule has 3 rings (SSSR count).